The zero-order chi connectivity index (χ0) is 10.0. The third-order valence-corrected chi connectivity index (χ3v) is 4.43. The monoisotopic (exact) mass is 197 g/mol. The second-order valence-corrected chi connectivity index (χ2v) is 5.34. The van der Waals surface area contributed by atoms with E-state index >= 15 is 0 Å². The molecule has 14 heavy (non-hydrogen) atoms. The summed E-state index contributed by atoms with van der Waals surface area (Å²) in [6.45, 7) is 8.35. The molecular weight excluding hydrogens is 178 g/mol. The van der Waals surface area contributed by atoms with Crippen LogP contribution in [0.1, 0.15) is 40.0 Å². The minimum Gasteiger partial charge on any atom is -0.359 e. The van der Waals surface area contributed by atoms with Crippen LogP contribution in [0.25, 0.3) is 0 Å². The van der Waals surface area contributed by atoms with Crippen molar-refractivity contribution in [1.82, 2.24) is 4.90 Å². The third kappa shape index (κ3) is 0.802. The van der Waals surface area contributed by atoms with Crippen LogP contribution in [0.15, 0.2) is 0 Å². The van der Waals surface area contributed by atoms with E-state index in [4.69, 9.17) is 9.47 Å². The highest BCUT2D eigenvalue weighted by molar-refractivity contribution is 5.13. The molecular formula is C11H19NO2. The number of rotatable bonds is 1. The van der Waals surface area contributed by atoms with E-state index in [1.54, 1.807) is 0 Å². The maximum Gasteiger partial charge on any atom is 0.121 e. The molecule has 3 aliphatic heterocycles. The van der Waals surface area contributed by atoms with Crippen molar-refractivity contribution >= 4 is 0 Å². The van der Waals surface area contributed by atoms with Crippen LogP contribution in [0.4, 0.5) is 0 Å². The van der Waals surface area contributed by atoms with E-state index in [0.29, 0.717) is 0 Å². The second-order valence-electron chi connectivity index (χ2n) is 5.34. The van der Waals surface area contributed by atoms with E-state index in [0.717, 1.165) is 32.5 Å². The lowest BCUT2D eigenvalue weighted by Gasteiger charge is -2.37. The van der Waals surface area contributed by atoms with Crippen LogP contribution in [0.3, 0.4) is 0 Å². The summed E-state index contributed by atoms with van der Waals surface area (Å²) in [5, 5.41) is 0. The highest BCUT2D eigenvalue weighted by Gasteiger charge is 2.68. The highest BCUT2D eigenvalue weighted by Crippen LogP contribution is 2.56. The Morgan fingerprint density at radius 1 is 1.07 bits per heavy atom. The van der Waals surface area contributed by atoms with Gasteiger partial charge >= 0.3 is 0 Å². The van der Waals surface area contributed by atoms with Crippen LogP contribution in [0.2, 0.25) is 0 Å². The summed E-state index contributed by atoms with van der Waals surface area (Å²) in [5.41, 5.74) is 0.0581. The van der Waals surface area contributed by atoms with Gasteiger partial charge in [0, 0.05) is 0 Å². The minimum absolute atomic E-state index is 0.0543. The van der Waals surface area contributed by atoms with Gasteiger partial charge in [0.2, 0.25) is 0 Å². The van der Waals surface area contributed by atoms with Crippen molar-refractivity contribution in [2.45, 2.75) is 57.0 Å². The molecule has 3 aliphatic rings. The van der Waals surface area contributed by atoms with Crippen LogP contribution in [0, 0.1) is 0 Å². The molecule has 3 fully saturated rings. The molecule has 3 heteroatoms. The first kappa shape index (κ1) is 9.13. The topological polar surface area (TPSA) is 21.7 Å². The van der Waals surface area contributed by atoms with Gasteiger partial charge in [-0.1, -0.05) is 6.92 Å². The lowest BCUT2D eigenvalue weighted by atomic mass is 9.97. The lowest BCUT2D eigenvalue weighted by Crippen LogP contribution is -2.53. The standard InChI is InChI=1S/C11H19NO2/c1-4-11-7-13-9(2)5-6-10(3,12(9)11)14-8-11/h4-8H2,1-3H3. The van der Waals surface area contributed by atoms with Crippen molar-refractivity contribution < 1.29 is 9.47 Å². The summed E-state index contributed by atoms with van der Waals surface area (Å²) in [5.74, 6) is 0. The lowest BCUT2D eigenvalue weighted by molar-refractivity contribution is -0.124. The summed E-state index contributed by atoms with van der Waals surface area (Å²) in [4.78, 5) is 2.51. The normalized spacial score (nSPS) is 56.8. The molecule has 0 aliphatic carbocycles. The predicted octanol–water partition coefficient (Wildman–Crippen LogP) is 1.72. The van der Waals surface area contributed by atoms with E-state index in [9.17, 15) is 0 Å². The molecule has 0 aromatic carbocycles. The molecule has 0 spiro atoms. The van der Waals surface area contributed by atoms with Gasteiger partial charge in [-0.3, -0.25) is 0 Å². The van der Waals surface area contributed by atoms with Crippen molar-refractivity contribution in [2.75, 3.05) is 13.2 Å². The number of hydrogen-bond donors (Lipinski definition) is 0. The van der Waals surface area contributed by atoms with Crippen LogP contribution in [0.5, 0.6) is 0 Å². The SMILES string of the molecule is CCC12COC3(C)CCC(C)(OC1)N23. The average Bonchev–Trinajstić information content (AvgIpc) is 2.72. The van der Waals surface area contributed by atoms with Crippen molar-refractivity contribution in [1.29, 1.82) is 0 Å². The summed E-state index contributed by atoms with van der Waals surface area (Å²) in [7, 11) is 0. The molecule has 80 valence electrons. The highest BCUT2D eigenvalue weighted by atomic mass is 16.6. The van der Waals surface area contributed by atoms with Crippen LogP contribution in [-0.4, -0.2) is 35.1 Å². The average molecular weight is 197 g/mol. The van der Waals surface area contributed by atoms with E-state index in [-0.39, 0.29) is 17.0 Å². The quantitative estimate of drug-likeness (QED) is 0.639. The van der Waals surface area contributed by atoms with Crippen molar-refractivity contribution in [2.24, 2.45) is 0 Å². The molecule has 2 unspecified atom stereocenters. The Kier molecular flexibility index (Phi) is 1.53. The van der Waals surface area contributed by atoms with Gasteiger partial charge in [0.15, 0.2) is 0 Å². The fraction of sp³-hybridized carbons (Fsp3) is 1.00. The first-order valence-corrected chi connectivity index (χ1v) is 5.63. The Labute approximate surface area is 85.4 Å². The first-order chi connectivity index (χ1) is 6.55. The third-order valence-electron chi connectivity index (χ3n) is 4.43. The minimum atomic E-state index is -0.0543. The van der Waals surface area contributed by atoms with E-state index in [1.165, 1.54) is 0 Å². The molecule has 2 atom stereocenters. The number of nitrogens with zero attached hydrogens (tertiary/aromatic N) is 1. The van der Waals surface area contributed by atoms with Gasteiger partial charge in [-0.05, 0) is 33.1 Å². The predicted molar refractivity (Wildman–Crippen MR) is 52.8 cm³/mol. The fourth-order valence-corrected chi connectivity index (χ4v) is 3.58. The molecule has 0 amide bonds. The smallest absolute Gasteiger partial charge is 0.121 e. The molecule has 0 aromatic heterocycles. The van der Waals surface area contributed by atoms with E-state index in [2.05, 4.69) is 25.7 Å². The number of hydrogen-bond acceptors (Lipinski definition) is 3. The molecule has 3 nitrogen and oxygen atoms in total. The fourth-order valence-electron chi connectivity index (χ4n) is 3.58. The van der Waals surface area contributed by atoms with Crippen LogP contribution >= 0.6 is 0 Å². The van der Waals surface area contributed by atoms with Gasteiger partial charge in [0.25, 0.3) is 0 Å². The van der Waals surface area contributed by atoms with Gasteiger partial charge in [0.1, 0.15) is 11.4 Å². The first-order valence-electron chi connectivity index (χ1n) is 5.63. The zero-order valence-corrected chi connectivity index (χ0v) is 9.30. The summed E-state index contributed by atoms with van der Waals surface area (Å²) in [6.07, 6.45) is 3.33. The zero-order valence-electron chi connectivity index (χ0n) is 9.30. The molecule has 0 N–H and O–H groups in total. The molecule has 0 aromatic rings. The van der Waals surface area contributed by atoms with Crippen LogP contribution < -0.4 is 0 Å². The van der Waals surface area contributed by atoms with E-state index < -0.39 is 0 Å². The largest absolute Gasteiger partial charge is 0.359 e. The van der Waals surface area contributed by atoms with E-state index in [1.807, 2.05) is 0 Å². The Morgan fingerprint density at radius 3 is 2.00 bits per heavy atom. The van der Waals surface area contributed by atoms with Gasteiger partial charge in [0.05, 0.1) is 18.8 Å². The summed E-state index contributed by atoms with van der Waals surface area (Å²) < 4.78 is 12.0. The Hall–Kier alpha value is -0.120. The van der Waals surface area contributed by atoms with Crippen LogP contribution in [-0.2, 0) is 9.47 Å². The summed E-state index contributed by atoms with van der Waals surface area (Å²) in [6, 6.07) is 0. The van der Waals surface area contributed by atoms with Gasteiger partial charge < -0.3 is 9.47 Å². The van der Waals surface area contributed by atoms with Crippen molar-refractivity contribution in [3.05, 3.63) is 0 Å². The molecule has 0 bridgehead atoms. The Bertz CT molecular complexity index is 258. The van der Waals surface area contributed by atoms with Crippen molar-refractivity contribution in [3.63, 3.8) is 0 Å². The second kappa shape index (κ2) is 2.34. The molecule has 3 heterocycles. The number of ether oxygens (including phenoxy) is 2. The maximum absolute atomic E-state index is 6.00. The Morgan fingerprint density at radius 2 is 1.57 bits per heavy atom. The molecule has 3 rings (SSSR count). The van der Waals surface area contributed by atoms with Gasteiger partial charge in [-0.2, -0.15) is 0 Å². The maximum atomic E-state index is 6.00. The molecule has 3 saturated heterocycles. The van der Waals surface area contributed by atoms with Crippen molar-refractivity contribution in [3.8, 4) is 0 Å². The Balaban J connectivity index is 2.08. The van der Waals surface area contributed by atoms with Gasteiger partial charge in [-0.25, -0.2) is 4.90 Å². The molecule has 0 radical (unpaired) electrons. The molecule has 0 saturated carbocycles. The summed E-state index contributed by atoms with van der Waals surface area (Å²) >= 11 is 0. The van der Waals surface area contributed by atoms with Gasteiger partial charge in [-0.15, -0.1) is 0 Å².